The molecule has 7 nitrogen and oxygen atoms in total. The van der Waals surface area contributed by atoms with Crippen molar-refractivity contribution in [1.29, 1.82) is 0 Å². The molecule has 0 unspecified atom stereocenters. The highest BCUT2D eigenvalue weighted by atomic mass is 19.1. The van der Waals surface area contributed by atoms with Gasteiger partial charge in [-0.05, 0) is 81.0 Å². The van der Waals surface area contributed by atoms with Gasteiger partial charge in [0.25, 0.3) is 0 Å². The molecule has 1 saturated carbocycles. The van der Waals surface area contributed by atoms with Gasteiger partial charge in [-0.2, -0.15) is 0 Å². The van der Waals surface area contributed by atoms with E-state index in [1.54, 1.807) is 20.4 Å². The Morgan fingerprint density at radius 1 is 0.974 bits per heavy atom. The van der Waals surface area contributed by atoms with E-state index in [1.165, 1.54) is 12.1 Å². The second kappa shape index (κ2) is 11.0. The maximum absolute atomic E-state index is 13.9. The van der Waals surface area contributed by atoms with E-state index in [-0.39, 0.29) is 11.9 Å². The van der Waals surface area contributed by atoms with Gasteiger partial charge in [0.1, 0.15) is 5.82 Å². The number of ether oxygens (including phenoxy) is 2. The summed E-state index contributed by atoms with van der Waals surface area (Å²) in [7, 11) is 3.39. The van der Waals surface area contributed by atoms with E-state index in [1.807, 2.05) is 24.3 Å². The number of halogens is 1. The molecule has 200 valence electrons. The van der Waals surface area contributed by atoms with Gasteiger partial charge in [-0.25, -0.2) is 14.4 Å². The first-order chi connectivity index (χ1) is 19.1. The minimum atomic E-state index is -0.260. The quantitative estimate of drug-likeness (QED) is 0.402. The van der Waals surface area contributed by atoms with Crippen molar-refractivity contribution in [1.82, 2.24) is 14.5 Å². The van der Waals surface area contributed by atoms with E-state index in [4.69, 9.17) is 19.5 Å². The first kappa shape index (κ1) is 25.2. The van der Waals surface area contributed by atoms with E-state index in [2.05, 4.69) is 39.2 Å². The van der Waals surface area contributed by atoms with Crippen molar-refractivity contribution in [2.45, 2.75) is 50.7 Å². The Balaban J connectivity index is 1.55. The van der Waals surface area contributed by atoms with Gasteiger partial charge in [-0.3, -0.25) is 4.99 Å². The third-order valence-corrected chi connectivity index (χ3v) is 7.53. The van der Waals surface area contributed by atoms with Crippen molar-refractivity contribution in [3.05, 3.63) is 76.6 Å². The maximum Gasteiger partial charge on any atom is 0.213 e. The molecule has 0 radical (unpaired) electrons. The molecule has 1 aromatic carbocycles. The molecule has 39 heavy (non-hydrogen) atoms. The summed E-state index contributed by atoms with van der Waals surface area (Å²) >= 11 is 0. The van der Waals surface area contributed by atoms with Crippen LogP contribution in [0.2, 0.25) is 0 Å². The van der Waals surface area contributed by atoms with Crippen LogP contribution in [0, 0.1) is 5.82 Å². The zero-order chi connectivity index (χ0) is 26.8. The number of hydrogen-bond donors (Lipinski definition) is 1. The zero-order valence-electron chi connectivity index (χ0n) is 22.2. The Morgan fingerprint density at radius 3 is 2.49 bits per heavy atom. The van der Waals surface area contributed by atoms with Gasteiger partial charge in [0.15, 0.2) is 0 Å². The third kappa shape index (κ3) is 5.29. The summed E-state index contributed by atoms with van der Waals surface area (Å²) in [6.07, 6.45) is 12.3. The minimum Gasteiger partial charge on any atom is -0.481 e. The van der Waals surface area contributed by atoms with Crippen molar-refractivity contribution >= 4 is 23.5 Å². The van der Waals surface area contributed by atoms with Crippen LogP contribution in [0.1, 0.15) is 38.5 Å². The van der Waals surface area contributed by atoms with Crippen LogP contribution in [-0.4, -0.2) is 40.9 Å². The molecule has 0 amide bonds. The van der Waals surface area contributed by atoms with Gasteiger partial charge in [0, 0.05) is 18.9 Å². The molecule has 0 bridgehead atoms. The van der Waals surface area contributed by atoms with E-state index < -0.39 is 0 Å². The third-order valence-electron chi connectivity index (χ3n) is 7.53. The molecule has 0 spiro atoms. The molecule has 1 aliphatic heterocycles. The van der Waals surface area contributed by atoms with Crippen molar-refractivity contribution in [3.8, 4) is 23.0 Å². The lowest BCUT2D eigenvalue weighted by Gasteiger charge is -2.25. The predicted molar refractivity (Wildman–Crippen MR) is 150 cm³/mol. The molecule has 1 N–H and O–H groups in total. The molecule has 2 aromatic rings. The number of benzene rings is 2. The van der Waals surface area contributed by atoms with Crippen LogP contribution in [0.4, 0.5) is 15.8 Å². The van der Waals surface area contributed by atoms with E-state index in [0.717, 1.165) is 83.0 Å². The van der Waals surface area contributed by atoms with Crippen LogP contribution >= 0.6 is 0 Å². The molecule has 4 aliphatic rings. The molecule has 8 heteroatoms. The molecule has 2 heterocycles. The molecular formula is C31H32FN5O2. The van der Waals surface area contributed by atoms with Crippen LogP contribution in [0.3, 0.4) is 0 Å². The highest BCUT2D eigenvalue weighted by Gasteiger charge is 2.21. The summed E-state index contributed by atoms with van der Waals surface area (Å²) in [5.41, 5.74) is 4.34. The number of nitrogens with zero attached hydrogens (tertiary/aromatic N) is 4. The Labute approximate surface area is 226 Å². The molecule has 6 rings (SSSR count). The number of nitrogens with one attached hydrogen (secondary N) is 1. The minimum absolute atomic E-state index is 0.202. The smallest absolute Gasteiger partial charge is 0.213 e. The van der Waals surface area contributed by atoms with Gasteiger partial charge in [0.2, 0.25) is 5.88 Å². The molecular weight excluding hydrogens is 493 g/mol. The van der Waals surface area contributed by atoms with Crippen molar-refractivity contribution in [2.75, 3.05) is 19.5 Å². The number of aromatic nitrogens is 3. The summed E-state index contributed by atoms with van der Waals surface area (Å²) in [5, 5.41) is 6.33. The number of rotatable bonds is 6. The second-order valence-electron chi connectivity index (χ2n) is 10.0. The number of hydrogen-bond acceptors (Lipinski definition) is 6. The summed E-state index contributed by atoms with van der Waals surface area (Å²) in [4.78, 5) is 14.6. The average molecular weight is 526 g/mol. The number of pyridine rings is 1. The number of anilines is 2. The fraction of sp³-hybridized carbons (Fsp3) is 0.323. The highest BCUT2D eigenvalue weighted by molar-refractivity contribution is 5.70. The number of fused-ring (bicyclic) bond motifs is 2. The summed E-state index contributed by atoms with van der Waals surface area (Å²) < 4.78 is 26.8. The largest absolute Gasteiger partial charge is 0.481 e. The summed E-state index contributed by atoms with van der Waals surface area (Å²) in [6, 6.07) is 14.8. The van der Waals surface area contributed by atoms with Crippen LogP contribution in [0.25, 0.3) is 29.2 Å². The fourth-order valence-electron chi connectivity index (χ4n) is 5.46. The van der Waals surface area contributed by atoms with E-state index in [0.29, 0.717) is 12.0 Å². The lowest BCUT2D eigenvalue weighted by molar-refractivity contribution is 0.0663. The predicted octanol–water partition coefficient (Wildman–Crippen LogP) is 4.48. The lowest BCUT2D eigenvalue weighted by atomic mass is 9.93. The Bertz CT molecular complexity index is 1620. The Kier molecular flexibility index (Phi) is 7.11. The molecule has 0 atom stereocenters. The molecule has 1 aromatic heterocycles. The van der Waals surface area contributed by atoms with Gasteiger partial charge in [-0.1, -0.05) is 12.2 Å². The van der Waals surface area contributed by atoms with Crippen LogP contribution in [0.15, 0.2) is 59.7 Å². The fourth-order valence-corrected chi connectivity index (χ4v) is 5.46. The normalized spacial score (nSPS) is 19.2. The SMILES string of the molecule is COc1ccc(Nc2cc3nc4c(n(-c5ccc(F)cc5)c-3c/c2=N\[C@H]2CC[C@H](OC)CC2)=CCCC=4)cn1. The topological polar surface area (TPSA) is 73.6 Å². The van der Waals surface area contributed by atoms with Crippen LogP contribution < -0.4 is 26.1 Å². The monoisotopic (exact) mass is 525 g/mol. The highest BCUT2D eigenvalue weighted by Crippen LogP contribution is 2.26. The second-order valence-corrected chi connectivity index (χ2v) is 10.0. The van der Waals surface area contributed by atoms with Crippen molar-refractivity contribution < 1.29 is 13.9 Å². The maximum atomic E-state index is 13.9. The summed E-state index contributed by atoms with van der Waals surface area (Å²) in [5.74, 6) is 0.295. The summed E-state index contributed by atoms with van der Waals surface area (Å²) in [6.45, 7) is 0. The van der Waals surface area contributed by atoms with Gasteiger partial charge < -0.3 is 19.4 Å². The lowest BCUT2D eigenvalue weighted by Crippen LogP contribution is -2.40. The van der Waals surface area contributed by atoms with Crippen molar-refractivity contribution in [2.24, 2.45) is 4.99 Å². The van der Waals surface area contributed by atoms with Crippen LogP contribution in [0.5, 0.6) is 5.88 Å². The standard InChI is InChI=1S/C31H32FN5O2/c1-38-24-14-9-21(10-15-24)34-27-18-30-28(17-26(27)35-22-11-16-31(39-2)33-19-22)36-25-5-3-4-6-29(25)37(30)23-12-7-20(32)8-13-23/h5-8,11-13,16-19,21,24,35H,3-4,9-10,14-15H2,1-2H3/b34-27+/t21-,24-. The van der Waals surface area contributed by atoms with Gasteiger partial charge >= 0.3 is 0 Å². The first-order valence-electron chi connectivity index (χ1n) is 13.5. The van der Waals surface area contributed by atoms with Crippen LogP contribution in [-0.2, 0) is 4.74 Å². The van der Waals surface area contributed by atoms with Gasteiger partial charge in [0.05, 0.1) is 64.3 Å². The Morgan fingerprint density at radius 2 is 1.77 bits per heavy atom. The molecule has 1 fully saturated rings. The average Bonchev–Trinajstić information content (AvgIpc) is 2.98. The zero-order valence-corrected chi connectivity index (χ0v) is 22.2. The number of methoxy groups -OCH3 is 2. The Hall–Kier alpha value is -4.04. The van der Waals surface area contributed by atoms with E-state index in [9.17, 15) is 4.39 Å². The van der Waals surface area contributed by atoms with Gasteiger partial charge in [-0.15, -0.1) is 0 Å². The first-order valence-corrected chi connectivity index (χ1v) is 13.5. The van der Waals surface area contributed by atoms with E-state index >= 15 is 0 Å². The molecule has 0 saturated heterocycles. The molecule has 3 aliphatic carbocycles. The van der Waals surface area contributed by atoms with Crippen molar-refractivity contribution in [3.63, 3.8) is 0 Å².